The highest BCUT2D eigenvalue weighted by molar-refractivity contribution is 5.87. The Bertz CT molecular complexity index is 502. The zero-order valence-electron chi connectivity index (χ0n) is 12.0. The summed E-state index contributed by atoms with van der Waals surface area (Å²) >= 11 is 0. The normalized spacial score (nSPS) is 16.4. The molecule has 1 aromatic rings. The third kappa shape index (κ3) is 3.18. The first-order valence-corrected chi connectivity index (χ1v) is 7.11. The Morgan fingerprint density at radius 1 is 1.25 bits per heavy atom. The molecule has 1 aliphatic rings. The number of rotatable bonds is 3. The van der Waals surface area contributed by atoms with Crippen molar-refractivity contribution in [3.05, 3.63) is 35.4 Å². The smallest absolute Gasteiger partial charge is 0.335 e. The first-order valence-electron chi connectivity index (χ1n) is 7.11. The van der Waals surface area contributed by atoms with Crippen molar-refractivity contribution in [3.8, 4) is 0 Å². The van der Waals surface area contributed by atoms with Crippen LogP contribution in [0.3, 0.4) is 0 Å². The van der Waals surface area contributed by atoms with Crippen LogP contribution in [-0.2, 0) is 4.79 Å². The predicted molar refractivity (Wildman–Crippen MR) is 76.8 cm³/mol. The number of hydrogen-bond acceptors (Lipinski definition) is 2. The number of carboxylic acid groups (broad SMARTS) is 1. The Labute approximate surface area is 119 Å². The molecule has 4 nitrogen and oxygen atoms in total. The van der Waals surface area contributed by atoms with E-state index < -0.39 is 5.97 Å². The van der Waals surface area contributed by atoms with Gasteiger partial charge in [0.05, 0.1) is 5.56 Å². The number of benzene rings is 1. The quantitative estimate of drug-likeness (QED) is 0.922. The molecule has 1 aliphatic heterocycles. The second-order valence-electron chi connectivity index (χ2n) is 5.68. The maximum absolute atomic E-state index is 11.9. The van der Waals surface area contributed by atoms with Gasteiger partial charge in [0.25, 0.3) is 0 Å². The predicted octanol–water partition coefficient (Wildman–Crippen LogP) is 2.75. The number of aromatic carboxylic acids is 1. The molecule has 1 amide bonds. The van der Waals surface area contributed by atoms with E-state index in [-0.39, 0.29) is 11.8 Å². The molecule has 0 saturated carbocycles. The van der Waals surface area contributed by atoms with E-state index in [0.29, 0.717) is 11.5 Å². The summed E-state index contributed by atoms with van der Waals surface area (Å²) in [6, 6.07) is 7.15. The fraction of sp³-hybridized carbons (Fsp3) is 0.500. The molecule has 0 bridgehead atoms. The molecule has 1 heterocycles. The van der Waals surface area contributed by atoms with E-state index in [4.69, 9.17) is 5.11 Å². The van der Waals surface area contributed by atoms with Crippen molar-refractivity contribution in [1.82, 2.24) is 4.90 Å². The molecule has 1 fully saturated rings. The van der Waals surface area contributed by atoms with Crippen molar-refractivity contribution in [3.63, 3.8) is 0 Å². The maximum Gasteiger partial charge on any atom is 0.335 e. The number of carboxylic acids is 1. The first-order chi connectivity index (χ1) is 9.49. The number of piperidine rings is 1. The van der Waals surface area contributed by atoms with Crippen LogP contribution in [-0.4, -0.2) is 35.0 Å². The summed E-state index contributed by atoms with van der Waals surface area (Å²) in [6.45, 7) is 5.37. The van der Waals surface area contributed by atoms with Crippen molar-refractivity contribution in [2.45, 2.75) is 32.6 Å². The average Bonchev–Trinajstić information content (AvgIpc) is 2.46. The second kappa shape index (κ2) is 6.07. The van der Waals surface area contributed by atoms with E-state index in [1.54, 1.807) is 18.2 Å². The second-order valence-corrected chi connectivity index (χ2v) is 5.68. The molecule has 0 atom stereocenters. The van der Waals surface area contributed by atoms with E-state index in [1.165, 1.54) is 0 Å². The molecule has 1 aromatic carbocycles. The molecule has 1 saturated heterocycles. The number of likely N-dealkylation sites (tertiary alicyclic amines) is 1. The molecule has 0 aromatic heterocycles. The lowest BCUT2D eigenvalue weighted by molar-refractivity contribution is -0.135. The number of carbonyl (C=O) groups is 2. The third-order valence-electron chi connectivity index (χ3n) is 3.91. The summed E-state index contributed by atoms with van der Waals surface area (Å²) < 4.78 is 0. The van der Waals surface area contributed by atoms with E-state index in [2.05, 4.69) is 0 Å². The van der Waals surface area contributed by atoms with E-state index in [1.807, 2.05) is 24.8 Å². The van der Waals surface area contributed by atoms with Crippen molar-refractivity contribution in [1.29, 1.82) is 0 Å². The van der Waals surface area contributed by atoms with Crippen LogP contribution in [0.4, 0.5) is 0 Å². The van der Waals surface area contributed by atoms with Crippen LogP contribution >= 0.6 is 0 Å². The molecular formula is C16H21NO3. The molecule has 0 aliphatic carbocycles. The SMILES string of the molecule is CC(C)C(=O)N1CCC(c2cccc(C(=O)O)c2)CC1. The Kier molecular flexibility index (Phi) is 4.42. The number of carbonyl (C=O) groups excluding carboxylic acids is 1. The monoisotopic (exact) mass is 275 g/mol. The van der Waals surface area contributed by atoms with Crippen LogP contribution in [0, 0.1) is 5.92 Å². The van der Waals surface area contributed by atoms with Crippen LogP contribution in [0.1, 0.15) is 48.5 Å². The number of amides is 1. The van der Waals surface area contributed by atoms with Crippen LogP contribution < -0.4 is 0 Å². The van der Waals surface area contributed by atoms with Gasteiger partial charge < -0.3 is 10.0 Å². The topological polar surface area (TPSA) is 57.6 Å². The maximum atomic E-state index is 11.9. The van der Waals surface area contributed by atoms with Crippen LogP contribution in [0.25, 0.3) is 0 Å². The highest BCUT2D eigenvalue weighted by Crippen LogP contribution is 2.29. The van der Waals surface area contributed by atoms with Gasteiger partial charge in [-0.1, -0.05) is 26.0 Å². The van der Waals surface area contributed by atoms with E-state index in [0.717, 1.165) is 31.5 Å². The third-order valence-corrected chi connectivity index (χ3v) is 3.91. The van der Waals surface area contributed by atoms with Gasteiger partial charge in [-0.2, -0.15) is 0 Å². The minimum absolute atomic E-state index is 0.0434. The van der Waals surface area contributed by atoms with Crippen LogP contribution in [0.5, 0.6) is 0 Å². The zero-order chi connectivity index (χ0) is 14.7. The standard InChI is InChI=1S/C16H21NO3/c1-11(2)15(18)17-8-6-12(7-9-17)13-4-3-5-14(10-13)16(19)20/h3-5,10-12H,6-9H2,1-2H3,(H,19,20). The summed E-state index contributed by atoms with van der Waals surface area (Å²) in [5, 5.41) is 9.03. The first kappa shape index (κ1) is 14.6. The van der Waals surface area contributed by atoms with Gasteiger partial charge in [-0.3, -0.25) is 4.79 Å². The van der Waals surface area contributed by atoms with Gasteiger partial charge >= 0.3 is 5.97 Å². The van der Waals surface area contributed by atoms with Gasteiger partial charge in [-0.15, -0.1) is 0 Å². The summed E-state index contributed by atoms with van der Waals surface area (Å²) in [5.41, 5.74) is 1.41. The summed E-state index contributed by atoms with van der Waals surface area (Å²) in [7, 11) is 0. The van der Waals surface area contributed by atoms with Gasteiger partial charge in [0.1, 0.15) is 0 Å². The fourth-order valence-corrected chi connectivity index (χ4v) is 2.72. The van der Waals surface area contributed by atoms with Crippen molar-refractivity contribution in [2.24, 2.45) is 5.92 Å². The summed E-state index contributed by atoms with van der Waals surface area (Å²) in [5.74, 6) is -0.283. The lowest BCUT2D eigenvalue weighted by atomic mass is 9.88. The highest BCUT2D eigenvalue weighted by atomic mass is 16.4. The number of hydrogen-bond donors (Lipinski definition) is 1. The van der Waals surface area contributed by atoms with Gasteiger partial charge in [-0.25, -0.2) is 4.79 Å². The van der Waals surface area contributed by atoms with Crippen molar-refractivity contribution < 1.29 is 14.7 Å². The van der Waals surface area contributed by atoms with Crippen LogP contribution in [0.15, 0.2) is 24.3 Å². The molecule has 0 radical (unpaired) electrons. The lowest BCUT2D eigenvalue weighted by Gasteiger charge is -2.33. The Morgan fingerprint density at radius 2 is 1.90 bits per heavy atom. The van der Waals surface area contributed by atoms with Gasteiger partial charge in [0.2, 0.25) is 5.91 Å². The zero-order valence-corrected chi connectivity index (χ0v) is 12.0. The Morgan fingerprint density at radius 3 is 2.45 bits per heavy atom. The Balaban J connectivity index is 2.02. The number of nitrogens with zero attached hydrogens (tertiary/aromatic N) is 1. The Hall–Kier alpha value is -1.84. The highest BCUT2D eigenvalue weighted by Gasteiger charge is 2.25. The molecule has 0 unspecified atom stereocenters. The molecular weight excluding hydrogens is 254 g/mol. The minimum atomic E-state index is -0.890. The summed E-state index contributed by atoms with van der Waals surface area (Å²) in [4.78, 5) is 24.9. The lowest BCUT2D eigenvalue weighted by Crippen LogP contribution is -2.40. The minimum Gasteiger partial charge on any atom is -0.478 e. The van der Waals surface area contributed by atoms with Gasteiger partial charge in [-0.05, 0) is 36.5 Å². The summed E-state index contributed by atoms with van der Waals surface area (Å²) in [6.07, 6.45) is 1.81. The molecule has 20 heavy (non-hydrogen) atoms. The van der Waals surface area contributed by atoms with Crippen molar-refractivity contribution in [2.75, 3.05) is 13.1 Å². The largest absolute Gasteiger partial charge is 0.478 e. The molecule has 1 N–H and O–H groups in total. The molecule has 2 rings (SSSR count). The van der Waals surface area contributed by atoms with E-state index in [9.17, 15) is 9.59 Å². The van der Waals surface area contributed by atoms with Gasteiger partial charge in [0, 0.05) is 19.0 Å². The van der Waals surface area contributed by atoms with Gasteiger partial charge in [0.15, 0.2) is 0 Å². The van der Waals surface area contributed by atoms with Crippen LogP contribution in [0.2, 0.25) is 0 Å². The van der Waals surface area contributed by atoms with Crippen molar-refractivity contribution >= 4 is 11.9 Å². The van der Waals surface area contributed by atoms with E-state index >= 15 is 0 Å². The molecule has 0 spiro atoms. The molecule has 4 heteroatoms. The molecule has 108 valence electrons. The average molecular weight is 275 g/mol. The fourth-order valence-electron chi connectivity index (χ4n) is 2.72.